The summed E-state index contributed by atoms with van der Waals surface area (Å²) in [5.41, 5.74) is 0.371. The topological polar surface area (TPSA) is 49.4 Å². The van der Waals surface area contributed by atoms with Gasteiger partial charge in [-0.1, -0.05) is 6.07 Å². The Kier molecular flexibility index (Phi) is 3.90. The zero-order valence-electron chi connectivity index (χ0n) is 11.8. The van der Waals surface area contributed by atoms with Crippen LogP contribution in [0.1, 0.15) is 36.0 Å². The lowest BCUT2D eigenvalue weighted by atomic mass is 9.95. The highest BCUT2D eigenvalue weighted by Crippen LogP contribution is 2.23. The number of hydrogen-bond donors (Lipinski definition) is 1. The van der Waals surface area contributed by atoms with Gasteiger partial charge in [-0.25, -0.2) is 4.39 Å². The fourth-order valence-electron chi connectivity index (χ4n) is 2.70. The van der Waals surface area contributed by atoms with Crippen LogP contribution in [-0.4, -0.2) is 35.8 Å². The summed E-state index contributed by atoms with van der Waals surface area (Å²) in [4.78, 5) is 26.0. The molecule has 1 aromatic carbocycles. The summed E-state index contributed by atoms with van der Waals surface area (Å²) < 4.78 is 13.2. The number of nitrogens with zero attached hydrogens (tertiary/aromatic N) is 1. The van der Waals surface area contributed by atoms with Crippen LogP contribution in [0.25, 0.3) is 0 Å². The predicted molar refractivity (Wildman–Crippen MR) is 76.2 cm³/mol. The van der Waals surface area contributed by atoms with Gasteiger partial charge in [-0.15, -0.1) is 0 Å². The summed E-state index contributed by atoms with van der Waals surface area (Å²) >= 11 is 0. The van der Waals surface area contributed by atoms with Gasteiger partial charge in [-0.05, 0) is 43.9 Å². The van der Waals surface area contributed by atoms with Crippen LogP contribution in [0.3, 0.4) is 0 Å². The highest BCUT2D eigenvalue weighted by molar-refractivity contribution is 5.94. The first-order valence-corrected chi connectivity index (χ1v) is 7.49. The van der Waals surface area contributed by atoms with Crippen molar-refractivity contribution in [2.24, 2.45) is 5.92 Å². The Morgan fingerprint density at radius 1 is 1.14 bits per heavy atom. The van der Waals surface area contributed by atoms with Gasteiger partial charge in [0.05, 0.1) is 0 Å². The second-order valence-electron chi connectivity index (χ2n) is 5.86. The summed E-state index contributed by atoms with van der Waals surface area (Å²) in [6.07, 6.45) is 3.53. The molecule has 1 aliphatic carbocycles. The maximum absolute atomic E-state index is 13.2. The number of hydrogen-bond acceptors (Lipinski definition) is 2. The van der Waals surface area contributed by atoms with Gasteiger partial charge >= 0.3 is 0 Å². The van der Waals surface area contributed by atoms with Crippen LogP contribution in [0.15, 0.2) is 24.3 Å². The van der Waals surface area contributed by atoms with Crippen LogP contribution in [0.4, 0.5) is 4.39 Å². The molecule has 3 rings (SSSR count). The Labute approximate surface area is 123 Å². The van der Waals surface area contributed by atoms with Crippen molar-refractivity contribution < 1.29 is 14.0 Å². The maximum Gasteiger partial charge on any atom is 0.253 e. The third kappa shape index (κ3) is 3.40. The molecular weight excluding hydrogens is 271 g/mol. The number of benzene rings is 1. The Morgan fingerprint density at radius 2 is 1.86 bits per heavy atom. The van der Waals surface area contributed by atoms with Crippen molar-refractivity contribution in [3.05, 3.63) is 35.6 Å². The van der Waals surface area contributed by atoms with Crippen molar-refractivity contribution in [3.63, 3.8) is 0 Å². The van der Waals surface area contributed by atoms with Crippen LogP contribution in [0.2, 0.25) is 0 Å². The van der Waals surface area contributed by atoms with Crippen molar-refractivity contribution >= 4 is 11.8 Å². The number of carbonyl (C=O) groups is 2. The monoisotopic (exact) mass is 290 g/mol. The van der Waals surface area contributed by atoms with E-state index >= 15 is 0 Å². The zero-order valence-corrected chi connectivity index (χ0v) is 11.8. The number of nitrogens with one attached hydrogen (secondary N) is 1. The normalized spacial score (nSPS) is 19.4. The molecule has 2 amide bonds. The van der Waals surface area contributed by atoms with Crippen LogP contribution < -0.4 is 5.32 Å². The minimum atomic E-state index is -0.403. The van der Waals surface area contributed by atoms with E-state index in [1.165, 1.54) is 12.1 Å². The molecule has 21 heavy (non-hydrogen) atoms. The van der Waals surface area contributed by atoms with Gasteiger partial charge in [0.1, 0.15) is 5.82 Å². The molecule has 5 heteroatoms. The summed E-state index contributed by atoms with van der Waals surface area (Å²) in [5.74, 6) is -0.437. The Morgan fingerprint density at radius 3 is 2.48 bits per heavy atom. The lowest BCUT2D eigenvalue weighted by Crippen LogP contribution is -2.43. The highest BCUT2D eigenvalue weighted by atomic mass is 19.1. The molecule has 1 saturated carbocycles. The summed E-state index contributed by atoms with van der Waals surface area (Å²) in [6.45, 7) is 1.11. The van der Waals surface area contributed by atoms with Gasteiger partial charge in [0.2, 0.25) is 5.91 Å². The zero-order chi connectivity index (χ0) is 14.8. The summed E-state index contributed by atoms with van der Waals surface area (Å²) in [5, 5.41) is 3.01. The minimum Gasteiger partial charge on any atom is -0.353 e. The molecule has 112 valence electrons. The van der Waals surface area contributed by atoms with Crippen molar-refractivity contribution in [3.8, 4) is 0 Å². The third-order valence-electron chi connectivity index (χ3n) is 4.15. The average molecular weight is 290 g/mol. The van der Waals surface area contributed by atoms with E-state index in [0.29, 0.717) is 37.5 Å². The number of amides is 2. The number of rotatable bonds is 3. The SMILES string of the molecule is O=C(NC1CC1)C1CCN(C(=O)c2cccc(F)c2)CC1. The lowest BCUT2D eigenvalue weighted by Gasteiger charge is -2.31. The first-order valence-electron chi connectivity index (χ1n) is 7.49. The molecule has 0 unspecified atom stereocenters. The van der Waals surface area contributed by atoms with Gasteiger partial charge in [0.25, 0.3) is 5.91 Å². The quantitative estimate of drug-likeness (QED) is 0.925. The highest BCUT2D eigenvalue weighted by Gasteiger charge is 2.31. The fraction of sp³-hybridized carbons (Fsp3) is 0.500. The molecule has 2 aliphatic rings. The standard InChI is InChI=1S/C16H19FN2O2/c17-13-3-1-2-12(10-13)16(21)19-8-6-11(7-9-19)15(20)18-14-4-5-14/h1-3,10-11,14H,4-9H2,(H,18,20). The molecule has 1 heterocycles. The van der Waals surface area contributed by atoms with Crippen molar-refractivity contribution in [2.75, 3.05) is 13.1 Å². The summed E-state index contributed by atoms with van der Waals surface area (Å²) in [7, 11) is 0. The average Bonchev–Trinajstić information content (AvgIpc) is 3.30. The number of likely N-dealkylation sites (tertiary alicyclic amines) is 1. The van der Waals surface area contributed by atoms with E-state index in [1.54, 1.807) is 17.0 Å². The lowest BCUT2D eigenvalue weighted by molar-refractivity contribution is -0.126. The van der Waals surface area contributed by atoms with E-state index in [9.17, 15) is 14.0 Å². The number of halogens is 1. The van der Waals surface area contributed by atoms with Gasteiger partial charge in [0, 0.05) is 30.6 Å². The van der Waals surface area contributed by atoms with E-state index in [1.807, 2.05) is 0 Å². The maximum atomic E-state index is 13.2. The Hall–Kier alpha value is -1.91. The molecule has 0 spiro atoms. The first-order chi connectivity index (χ1) is 10.1. The van der Waals surface area contributed by atoms with Crippen LogP contribution in [0, 0.1) is 11.7 Å². The molecule has 1 aliphatic heterocycles. The predicted octanol–water partition coefficient (Wildman–Crippen LogP) is 1.96. The molecule has 4 nitrogen and oxygen atoms in total. The van der Waals surface area contributed by atoms with E-state index in [4.69, 9.17) is 0 Å². The van der Waals surface area contributed by atoms with Crippen LogP contribution in [0.5, 0.6) is 0 Å². The molecule has 1 N–H and O–H groups in total. The Bertz CT molecular complexity index is 549. The van der Waals surface area contributed by atoms with Crippen molar-refractivity contribution in [2.45, 2.75) is 31.7 Å². The van der Waals surface area contributed by atoms with Crippen molar-refractivity contribution in [1.82, 2.24) is 10.2 Å². The van der Waals surface area contributed by atoms with Gasteiger partial charge < -0.3 is 10.2 Å². The molecule has 1 aromatic rings. The molecule has 0 atom stereocenters. The van der Waals surface area contributed by atoms with E-state index in [0.717, 1.165) is 12.8 Å². The van der Waals surface area contributed by atoms with Crippen molar-refractivity contribution in [1.29, 1.82) is 0 Å². The molecule has 0 radical (unpaired) electrons. The van der Waals surface area contributed by atoms with E-state index < -0.39 is 5.82 Å². The second kappa shape index (κ2) is 5.84. The molecule has 0 bridgehead atoms. The smallest absolute Gasteiger partial charge is 0.253 e. The van der Waals surface area contributed by atoms with Gasteiger partial charge in [0.15, 0.2) is 0 Å². The molecular formula is C16H19FN2O2. The Balaban J connectivity index is 1.55. The largest absolute Gasteiger partial charge is 0.353 e. The van der Waals surface area contributed by atoms with Gasteiger partial charge in [-0.3, -0.25) is 9.59 Å². The number of piperidine rings is 1. The molecule has 1 saturated heterocycles. The van der Waals surface area contributed by atoms with E-state index in [-0.39, 0.29) is 17.7 Å². The minimum absolute atomic E-state index is 0.00200. The third-order valence-corrected chi connectivity index (χ3v) is 4.15. The van der Waals surface area contributed by atoms with E-state index in [2.05, 4.69) is 5.32 Å². The molecule has 0 aromatic heterocycles. The molecule has 2 fully saturated rings. The van der Waals surface area contributed by atoms with Crippen LogP contribution in [-0.2, 0) is 4.79 Å². The second-order valence-corrected chi connectivity index (χ2v) is 5.86. The number of carbonyl (C=O) groups excluding carboxylic acids is 2. The summed E-state index contributed by atoms with van der Waals surface area (Å²) in [6, 6.07) is 6.12. The van der Waals surface area contributed by atoms with Gasteiger partial charge in [-0.2, -0.15) is 0 Å². The fourth-order valence-corrected chi connectivity index (χ4v) is 2.70. The van der Waals surface area contributed by atoms with Crippen LogP contribution >= 0.6 is 0 Å². The first kappa shape index (κ1) is 14.0.